The molecule has 6 heteroatoms. The molecule has 1 saturated carbocycles. The standard InChI is InChI=1S/C18H30N4O2/c1-12(2)18(24)22-6-4-15(5-7-22)20-17(13-8-16(23)9-13)14-10-19-21(3)11-14/h10-13,15-17,20,23H,4-9H2,1-3H3. The third-order valence-corrected chi connectivity index (χ3v) is 5.42. The van der Waals surface area contributed by atoms with Crippen molar-refractivity contribution in [3.8, 4) is 0 Å². The maximum Gasteiger partial charge on any atom is 0.225 e. The molecule has 0 spiro atoms. The van der Waals surface area contributed by atoms with Gasteiger partial charge in [-0.1, -0.05) is 13.8 Å². The van der Waals surface area contributed by atoms with Crippen LogP contribution in [0.1, 0.15) is 51.1 Å². The highest BCUT2D eigenvalue weighted by Gasteiger charge is 2.37. The monoisotopic (exact) mass is 334 g/mol. The van der Waals surface area contributed by atoms with Crippen molar-refractivity contribution in [3.05, 3.63) is 18.0 Å². The molecule has 0 bridgehead atoms. The van der Waals surface area contributed by atoms with Crippen molar-refractivity contribution in [1.29, 1.82) is 0 Å². The van der Waals surface area contributed by atoms with Gasteiger partial charge in [-0.3, -0.25) is 9.48 Å². The first kappa shape index (κ1) is 17.4. The van der Waals surface area contributed by atoms with E-state index in [1.54, 1.807) is 0 Å². The summed E-state index contributed by atoms with van der Waals surface area (Å²) in [6.45, 7) is 5.60. The number of carbonyl (C=O) groups is 1. The molecule has 1 atom stereocenters. The second-order valence-corrected chi connectivity index (χ2v) is 7.73. The van der Waals surface area contributed by atoms with E-state index in [0.29, 0.717) is 12.0 Å². The molecule has 0 radical (unpaired) electrons. The molecule has 2 heterocycles. The van der Waals surface area contributed by atoms with E-state index >= 15 is 0 Å². The van der Waals surface area contributed by atoms with Crippen LogP contribution in [0, 0.1) is 11.8 Å². The molecule has 1 aliphatic carbocycles. The topological polar surface area (TPSA) is 70.4 Å². The second kappa shape index (κ2) is 7.23. The number of aromatic nitrogens is 2. The Morgan fingerprint density at radius 1 is 1.33 bits per heavy atom. The van der Waals surface area contributed by atoms with Crippen LogP contribution in [0.15, 0.2) is 12.4 Å². The van der Waals surface area contributed by atoms with Crippen LogP contribution < -0.4 is 5.32 Å². The highest BCUT2D eigenvalue weighted by Crippen LogP contribution is 2.38. The van der Waals surface area contributed by atoms with Crippen LogP contribution in [-0.4, -0.2) is 50.9 Å². The Balaban J connectivity index is 1.59. The van der Waals surface area contributed by atoms with Gasteiger partial charge in [-0.25, -0.2) is 0 Å². The number of aliphatic hydroxyl groups excluding tert-OH is 1. The average Bonchev–Trinajstić information content (AvgIpc) is 2.96. The molecule has 2 aliphatic rings. The maximum atomic E-state index is 12.1. The lowest BCUT2D eigenvalue weighted by Crippen LogP contribution is -2.49. The zero-order chi connectivity index (χ0) is 17.3. The van der Waals surface area contributed by atoms with Gasteiger partial charge in [-0.05, 0) is 31.6 Å². The van der Waals surface area contributed by atoms with Crippen molar-refractivity contribution >= 4 is 5.91 Å². The van der Waals surface area contributed by atoms with Crippen LogP contribution in [0.2, 0.25) is 0 Å². The van der Waals surface area contributed by atoms with E-state index < -0.39 is 0 Å². The Labute approximate surface area is 144 Å². The summed E-state index contributed by atoms with van der Waals surface area (Å²) < 4.78 is 1.84. The first-order valence-corrected chi connectivity index (χ1v) is 9.15. The van der Waals surface area contributed by atoms with Gasteiger partial charge in [-0.2, -0.15) is 5.10 Å². The summed E-state index contributed by atoms with van der Waals surface area (Å²) in [5.41, 5.74) is 1.20. The molecule has 0 aromatic carbocycles. The van der Waals surface area contributed by atoms with E-state index in [0.717, 1.165) is 38.8 Å². The molecule has 2 N–H and O–H groups in total. The number of nitrogens with one attached hydrogen (secondary N) is 1. The Kier molecular flexibility index (Phi) is 5.25. The molecule has 134 valence electrons. The highest BCUT2D eigenvalue weighted by molar-refractivity contribution is 5.78. The summed E-state index contributed by atoms with van der Waals surface area (Å²) >= 11 is 0. The number of amides is 1. The van der Waals surface area contributed by atoms with Crippen molar-refractivity contribution in [2.24, 2.45) is 18.9 Å². The van der Waals surface area contributed by atoms with Crippen molar-refractivity contribution in [3.63, 3.8) is 0 Å². The number of rotatable bonds is 5. The molecule has 24 heavy (non-hydrogen) atoms. The minimum absolute atomic E-state index is 0.0779. The van der Waals surface area contributed by atoms with Crippen LogP contribution in [-0.2, 0) is 11.8 Å². The Hall–Kier alpha value is -1.40. The van der Waals surface area contributed by atoms with E-state index in [2.05, 4.69) is 16.6 Å². The minimum atomic E-state index is -0.151. The quantitative estimate of drug-likeness (QED) is 0.855. The van der Waals surface area contributed by atoms with E-state index in [4.69, 9.17) is 0 Å². The summed E-state index contributed by atoms with van der Waals surface area (Å²) in [5, 5.41) is 17.8. The van der Waals surface area contributed by atoms with Gasteiger partial charge in [0.2, 0.25) is 5.91 Å². The molecule has 1 saturated heterocycles. The van der Waals surface area contributed by atoms with Gasteiger partial charge >= 0.3 is 0 Å². The fourth-order valence-electron chi connectivity index (χ4n) is 3.89. The lowest BCUT2D eigenvalue weighted by atomic mass is 9.75. The van der Waals surface area contributed by atoms with E-state index in [-0.39, 0.29) is 24.0 Å². The largest absolute Gasteiger partial charge is 0.393 e. The summed E-state index contributed by atoms with van der Waals surface area (Å²) in [4.78, 5) is 14.1. The first-order chi connectivity index (χ1) is 11.4. The summed E-state index contributed by atoms with van der Waals surface area (Å²) in [5.74, 6) is 0.813. The molecule has 1 unspecified atom stereocenters. The van der Waals surface area contributed by atoms with E-state index in [9.17, 15) is 9.90 Å². The van der Waals surface area contributed by atoms with Crippen LogP contribution >= 0.6 is 0 Å². The van der Waals surface area contributed by atoms with Gasteiger partial charge < -0.3 is 15.3 Å². The van der Waals surface area contributed by atoms with Crippen molar-refractivity contribution in [2.75, 3.05) is 13.1 Å². The van der Waals surface area contributed by atoms with Crippen molar-refractivity contribution in [1.82, 2.24) is 20.0 Å². The lowest BCUT2D eigenvalue weighted by Gasteiger charge is -2.41. The lowest BCUT2D eigenvalue weighted by molar-refractivity contribution is -0.135. The fourth-order valence-corrected chi connectivity index (χ4v) is 3.89. The molecule has 3 rings (SSSR count). The zero-order valence-electron chi connectivity index (χ0n) is 15.0. The van der Waals surface area contributed by atoms with Crippen molar-refractivity contribution < 1.29 is 9.90 Å². The number of carbonyl (C=O) groups excluding carboxylic acids is 1. The van der Waals surface area contributed by atoms with Gasteiger partial charge in [-0.15, -0.1) is 0 Å². The molecule has 1 aromatic heterocycles. The summed E-state index contributed by atoms with van der Waals surface area (Å²) in [6.07, 6.45) is 7.55. The van der Waals surface area contributed by atoms with Crippen LogP contribution in [0.4, 0.5) is 0 Å². The number of piperidine rings is 1. The smallest absolute Gasteiger partial charge is 0.225 e. The normalized spacial score (nSPS) is 26.5. The van der Waals surface area contributed by atoms with Gasteiger partial charge in [0, 0.05) is 49.9 Å². The van der Waals surface area contributed by atoms with Crippen molar-refractivity contribution in [2.45, 2.75) is 57.7 Å². The second-order valence-electron chi connectivity index (χ2n) is 7.73. The summed E-state index contributed by atoms with van der Waals surface area (Å²) in [7, 11) is 1.94. The first-order valence-electron chi connectivity index (χ1n) is 9.15. The number of aryl methyl sites for hydroxylation is 1. The molecule has 1 aromatic rings. The number of hydrogen-bond acceptors (Lipinski definition) is 4. The van der Waals surface area contributed by atoms with Crippen LogP contribution in [0.3, 0.4) is 0 Å². The maximum absolute atomic E-state index is 12.1. The minimum Gasteiger partial charge on any atom is -0.393 e. The number of likely N-dealkylation sites (tertiary alicyclic amines) is 1. The molecule has 6 nitrogen and oxygen atoms in total. The molecule has 1 aliphatic heterocycles. The fraction of sp³-hybridized carbons (Fsp3) is 0.778. The SMILES string of the molecule is CC(C)C(=O)N1CCC(NC(c2cnn(C)c2)C2CC(O)C2)CC1. The molecule has 1 amide bonds. The predicted molar refractivity (Wildman–Crippen MR) is 92.3 cm³/mol. The Bertz CT molecular complexity index is 557. The highest BCUT2D eigenvalue weighted by atomic mass is 16.3. The Morgan fingerprint density at radius 3 is 2.50 bits per heavy atom. The Morgan fingerprint density at radius 2 is 2.00 bits per heavy atom. The molecular formula is C18H30N4O2. The van der Waals surface area contributed by atoms with Gasteiger partial charge in [0.05, 0.1) is 12.3 Å². The van der Waals surface area contributed by atoms with E-state index in [1.165, 1.54) is 5.56 Å². The third-order valence-electron chi connectivity index (χ3n) is 5.42. The summed E-state index contributed by atoms with van der Waals surface area (Å²) in [6, 6.07) is 0.670. The van der Waals surface area contributed by atoms with E-state index in [1.807, 2.05) is 36.7 Å². The molecule has 2 fully saturated rings. The van der Waals surface area contributed by atoms with Gasteiger partial charge in [0.25, 0.3) is 0 Å². The number of aliphatic hydroxyl groups is 1. The van der Waals surface area contributed by atoms with Gasteiger partial charge in [0.15, 0.2) is 0 Å². The van der Waals surface area contributed by atoms with Gasteiger partial charge in [0.1, 0.15) is 0 Å². The van der Waals surface area contributed by atoms with Crippen LogP contribution in [0.25, 0.3) is 0 Å². The average molecular weight is 334 g/mol. The number of hydrogen-bond donors (Lipinski definition) is 2. The van der Waals surface area contributed by atoms with Crippen LogP contribution in [0.5, 0.6) is 0 Å². The third kappa shape index (κ3) is 3.81. The number of nitrogens with zero attached hydrogens (tertiary/aromatic N) is 3. The molecular weight excluding hydrogens is 304 g/mol. The zero-order valence-corrected chi connectivity index (χ0v) is 15.0. The predicted octanol–water partition coefficient (Wildman–Crippen LogP) is 1.47.